The van der Waals surface area contributed by atoms with Crippen molar-refractivity contribution in [3.63, 3.8) is 0 Å². The number of hydrogen-bond acceptors (Lipinski definition) is 4. The van der Waals surface area contributed by atoms with Crippen molar-refractivity contribution in [3.8, 4) is 11.5 Å². The van der Waals surface area contributed by atoms with E-state index >= 15 is 0 Å². The van der Waals surface area contributed by atoms with Crippen LogP contribution in [-0.4, -0.2) is 33.2 Å². The van der Waals surface area contributed by atoms with Crippen LogP contribution in [0.4, 0.5) is 10.1 Å². The minimum absolute atomic E-state index is 0.104. The first-order valence-corrected chi connectivity index (χ1v) is 10.5. The zero-order valence-corrected chi connectivity index (χ0v) is 17.2. The molecule has 2 aromatic heterocycles. The second kappa shape index (κ2) is 7.37. The van der Waals surface area contributed by atoms with Crippen LogP contribution in [0, 0.1) is 5.82 Å². The summed E-state index contributed by atoms with van der Waals surface area (Å²) in [4.78, 5) is 28.5. The van der Waals surface area contributed by atoms with Gasteiger partial charge >= 0.3 is 0 Å². The van der Waals surface area contributed by atoms with Crippen LogP contribution in [0.2, 0.25) is 0 Å². The van der Waals surface area contributed by atoms with Gasteiger partial charge in [-0.3, -0.25) is 19.2 Å². The van der Waals surface area contributed by atoms with Crippen molar-refractivity contribution in [2.75, 3.05) is 4.90 Å². The summed E-state index contributed by atoms with van der Waals surface area (Å²) in [5.74, 6) is -0.472. The lowest BCUT2D eigenvalue weighted by Crippen LogP contribution is -2.65. The molecular weight excluding hydrogens is 399 g/mol. The van der Waals surface area contributed by atoms with Crippen LogP contribution in [0.5, 0.6) is 0 Å². The van der Waals surface area contributed by atoms with Crippen molar-refractivity contribution in [2.45, 2.75) is 50.7 Å². The molecule has 1 N–H and O–H groups in total. The fourth-order valence-corrected chi connectivity index (χ4v) is 4.53. The summed E-state index contributed by atoms with van der Waals surface area (Å²) in [6.07, 6.45) is 5.57. The van der Waals surface area contributed by atoms with Gasteiger partial charge in [-0.15, -0.1) is 0 Å². The number of nitrogens with one attached hydrogen (secondary N) is 1. The first kappa shape index (κ1) is 19.5. The van der Waals surface area contributed by atoms with E-state index in [1.165, 1.54) is 29.2 Å². The molecule has 0 radical (unpaired) electrons. The van der Waals surface area contributed by atoms with Gasteiger partial charge in [0.2, 0.25) is 5.91 Å². The molecule has 1 saturated carbocycles. The van der Waals surface area contributed by atoms with Crippen LogP contribution >= 0.6 is 0 Å². The largest absolute Gasteiger partial charge is 0.463 e. The summed E-state index contributed by atoms with van der Waals surface area (Å²) >= 11 is 0. The van der Waals surface area contributed by atoms with E-state index in [-0.39, 0.29) is 24.4 Å². The van der Waals surface area contributed by atoms with E-state index in [0.29, 0.717) is 22.8 Å². The summed E-state index contributed by atoms with van der Waals surface area (Å²) in [7, 11) is 0. The van der Waals surface area contributed by atoms with E-state index in [1.54, 1.807) is 36.1 Å². The molecule has 1 aliphatic heterocycles. The Morgan fingerprint density at radius 2 is 1.97 bits per heavy atom. The molecule has 1 aliphatic carbocycles. The first-order chi connectivity index (χ1) is 15.0. The highest BCUT2D eigenvalue weighted by atomic mass is 19.1. The van der Waals surface area contributed by atoms with Crippen molar-refractivity contribution in [3.05, 3.63) is 60.2 Å². The van der Waals surface area contributed by atoms with Gasteiger partial charge in [0.15, 0.2) is 5.76 Å². The van der Waals surface area contributed by atoms with Gasteiger partial charge in [-0.05, 0) is 56.2 Å². The second-order valence-corrected chi connectivity index (χ2v) is 8.40. The molecule has 160 valence electrons. The molecule has 1 unspecified atom stereocenters. The van der Waals surface area contributed by atoms with Gasteiger partial charge in [-0.25, -0.2) is 4.39 Å². The highest BCUT2D eigenvalue weighted by molar-refractivity contribution is 6.12. The number of amides is 2. The molecule has 7 nitrogen and oxygen atoms in total. The molecular formula is C23H23FN4O3. The molecule has 0 saturated heterocycles. The molecule has 0 bridgehead atoms. The molecule has 8 heteroatoms. The van der Waals surface area contributed by atoms with Gasteiger partial charge in [0.05, 0.1) is 12.8 Å². The predicted octanol–water partition coefficient (Wildman–Crippen LogP) is 3.76. The lowest BCUT2D eigenvalue weighted by atomic mass is 9.93. The van der Waals surface area contributed by atoms with Crippen molar-refractivity contribution >= 4 is 17.5 Å². The zero-order chi connectivity index (χ0) is 21.6. The monoisotopic (exact) mass is 422 g/mol. The van der Waals surface area contributed by atoms with E-state index in [1.807, 2.05) is 0 Å². The lowest BCUT2D eigenvalue weighted by Gasteiger charge is -2.43. The standard InChI is InChI=1S/C23H23FN4O3/c1-23(22(30)25-16-5-2-3-6-16)14-27-19(13-18(26-27)20-7-4-12-31-20)21(29)28(23)17-10-8-15(24)9-11-17/h4,7-13,16H,2-3,5-6,14H2,1H3,(H,25,30). The number of hydrogen-bond donors (Lipinski definition) is 1. The maximum Gasteiger partial charge on any atom is 0.277 e. The Balaban J connectivity index is 1.57. The average Bonchev–Trinajstić information content (AvgIpc) is 3.50. The number of carbonyl (C=O) groups is 2. The van der Waals surface area contributed by atoms with E-state index in [2.05, 4.69) is 10.4 Å². The summed E-state index contributed by atoms with van der Waals surface area (Å²) in [6, 6.07) is 10.9. The summed E-state index contributed by atoms with van der Waals surface area (Å²) in [6.45, 7) is 1.90. The number of furan rings is 1. The highest BCUT2D eigenvalue weighted by Gasteiger charge is 2.49. The van der Waals surface area contributed by atoms with Crippen LogP contribution in [-0.2, 0) is 11.3 Å². The molecule has 1 atom stereocenters. The summed E-state index contributed by atoms with van der Waals surface area (Å²) < 4.78 is 20.6. The van der Waals surface area contributed by atoms with Gasteiger partial charge in [0.25, 0.3) is 5.91 Å². The SMILES string of the molecule is CC1(C(=O)NC2CCCC2)Cn2nc(-c3ccco3)cc2C(=O)N1c1ccc(F)cc1. The number of anilines is 1. The van der Waals surface area contributed by atoms with Crippen LogP contribution < -0.4 is 10.2 Å². The quantitative estimate of drug-likeness (QED) is 0.694. The topological polar surface area (TPSA) is 80.4 Å². The third kappa shape index (κ3) is 3.32. The number of aromatic nitrogens is 2. The number of halogens is 1. The van der Waals surface area contributed by atoms with Crippen molar-refractivity contribution in [1.29, 1.82) is 0 Å². The Morgan fingerprint density at radius 3 is 2.65 bits per heavy atom. The molecule has 2 amide bonds. The highest BCUT2D eigenvalue weighted by Crippen LogP contribution is 2.34. The zero-order valence-electron chi connectivity index (χ0n) is 17.2. The number of carbonyl (C=O) groups excluding carboxylic acids is 2. The normalized spacial score (nSPS) is 21.4. The Labute approximate surface area is 178 Å². The summed E-state index contributed by atoms with van der Waals surface area (Å²) in [5, 5.41) is 7.65. The third-order valence-electron chi connectivity index (χ3n) is 6.19. The fraction of sp³-hybridized carbons (Fsp3) is 0.348. The Morgan fingerprint density at radius 1 is 1.23 bits per heavy atom. The van der Waals surface area contributed by atoms with Crippen LogP contribution in [0.3, 0.4) is 0 Å². The second-order valence-electron chi connectivity index (χ2n) is 8.40. The Hall–Kier alpha value is -3.42. The number of benzene rings is 1. The third-order valence-corrected chi connectivity index (χ3v) is 6.19. The molecule has 3 heterocycles. The van der Waals surface area contributed by atoms with E-state index < -0.39 is 11.4 Å². The van der Waals surface area contributed by atoms with E-state index in [9.17, 15) is 14.0 Å². The first-order valence-electron chi connectivity index (χ1n) is 10.5. The Kier molecular flexibility index (Phi) is 4.64. The molecule has 0 spiro atoms. The maximum atomic E-state index is 13.6. The Bertz CT molecular complexity index is 1120. The molecule has 3 aromatic rings. The van der Waals surface area contributed by atoms with Crippen molar-refractivity contribution in [1.82, 2.24) is 15.1 Å². The maximum absolute atomic E-state index is 13.6. The fourth-order valence-electron chi connectivity index (χ4n) is 4.53. The molecule has 2 aliphatic rings. The minimum atomic E-state index is -1.23. The van der Waals surface area contributed by atoms with E-state index in [4.69, 9.17) is 4.42 Å². The van der Waals surface area contributed by atoms with Crippen LogP contribution in [0.15, 0.2) is 53.1 Å². The molecule has 31 heavy (non-hydrogen) atoms. The summed E-state index contributed by atoms with van der Waals surface area (Å²) in [5.41, 5.74) is 0.105. The lowest BCUT2D eigenvalue weighted by molar-refractivity contribution is -0.127. The number of nitrogens with zero attached hydrogens (tertiary/aromatic N) is 3. The minimum Gasteiger partial charge on any atom is -0.463 e. The smallest absolute Gasteiger partial charge is 0.277 e. The molecule has 1 aromatic carbocycles. The molecule has 1 fully saturated rings. The van der Waals surface area contributed by atoms with Gasteiger partial charge in [-0.2, -0.15) is 5.10 Å². The average molecular weight is 422 g/mol. The van der Waals surface area contributed by atoms with Crippen molar-refractivity contribution < 1.29 is 18.4 Å². The number of fused-ring (bicyclic) bond motifs is 1. The molecule has 5 rings (SSSR count). The van der Waals surface area contributed by atoms with Crippen molar-refractivity contribution in [2.24, 2.45) is 0 Å². The van der Waals surface area contributed by atoms with Gasteiger partial charge in [0, 0.05) is 17.8 Å². The van der Waals surface area contributed by atoms with Crippen LogP contribution in [0.1, 0.15) is 43.1 Å². The van der Waals surface area contributed by atoms with Crippen LogP contribution in [0.25, 0.3) is 11.5 Å². The van der Waals surface area contributed by atoms with Gasteiger partial charge in [-0.1, -0.05) is 12.8 Å². The van der Waals surface area contributed by atoms with E-state index in [0.717, 1.165) is 25.7 Å². The predicted molar refractivity (Wildman–Crippen MR) is 112 cm³/mol. The van der Waals surface area contributed by atoms with Gasteiger partial charge < -0.3 is 9.73 Å². The van der Waals surface area contributed by atoms with Gasteiger partial charge in [0.1, 0.15) is 22.7 Å². The number of rotatable bonds is 4.